The third-order valence-corrected chi connectivity index (χ3v) is 9.71. The van der Waals surface area contributed by atoms with Gasteiger partial charge in [-0.25, -0.2) is 13.6 Å². The van der Waals surface area contributed by atoms with Crippen molar-refractivity contribution >= 4 is 12.0 Å². The zero-order valence-corrected chi connectivity index (χ0v) is 24.6. The molecule has 3 aliphatic rings. The van der Waals surface area contributed by atoms with Gasteiger partial charge < -0.3 is 20.2 Å². The number of aliphatic carboxylic acids is 1. The van der Waals surface area contributed by atoms with Gasteiger partial charge in [-0.15, -0.1) is 0 Å². The number of carboxylic acid groups (broad SMARTS) is 1. The second-order valence-electron chi connectivity index (χ2n) is 12.3. The summed E-state index contributed by atoms with van der Waals surface area (Å²) in [5.41, 5.74) is 1.80. The summed E-state index contributed by atoms with van der Waals surface area (Å²) in [4.78, 5) is 32.0. The summed E-state index contributed by atoms with van der Waals surface area (Å²) in [7, 11) is 0. The van der Waals surface area contributed by atoms with Crippen molar-refractivity contribution in [3.8, 4) is 0 Å². The van der Waals surface area contributed by atoms with Crippen molar-refractivity contribution in [3.63, 3.8) is 0 Å². The Morgan fingerprint density at radius 3 is 2.36 bits per heavy atom. The van der Waals surface area contributed by atoms with Crippen molar-refractivity contribution in [2.45, 2.75) is 70.0 Å². The van der Waals surface area contributed by atoms with E-state index in [2.05, 4.69) is 39.4 Å². The second-order valence-corrected chi connectivity index (χ2v) is 12.3. The Balaban J connectivity index is 1.18. The van der Waals surface area contributed by atoms with E-state index in [-0.39, 0.29) is 24.5 Å². The van der Waals surface area contributed by atoms with E-state index in [9.17, 15) is 23.5 Å². The van der Waals surface area contributed by atoms with Crippen LogP contribution in [-0.2, 0) is 11.3 Å². The van der Waals surface area contributed by atoms with Gasteiger partial charge in [-0.1, -0.05) is 49.2 Å². The predicted octanol–water partition coefficient (Wildman–Crippen LogP) is 5.32. The first-order chi connectivity index (χ1) is 20.3. The van der Waals surface area contributed by atoms with Crippen molar-refractivity contribution in [1.29, 1.82) is 0 Å². The highest BCUT2D eigenvalue weighted by atomic mass is 19.2. The summed E-state index contributed by atoms with van der Waals surface area (Å²) in [6, 6.07) is 13.7. The first-order valence-electron chi connectivity index (χ1n) is 15.6. The minimum absolute atomic E-state index is 0.111. The average Bonchev–Trinajstić information content (AvgIpc) is 3.66. The maximum absolute atomic E-state index is 13.6. The zero-order chi connectivity index (χ0) is 29.6. The summed E-state index contributed by atoms with van der Waals surface area (Å²) >= 11 is 0. The normalized spacial score (nSPS) is 23.2. The molecule has 42 heavy (non-hydrogen) atoms. The summed E-state index contributed by atoms with van der Waals surface area (Å²) in [5.74, 6) is -1.63. The minimum atomic E-state index is -0.918. The minimum Gasteiger partial charge on any atom is -0.480 e. The largest absolute Gasteiger partial charge is 0.480 e. The second kappa shape index (κ2) is 14.0. The average molecular weight is 583 g/mol. The molecule has 0 radical (unpaired) electrons. The van der Waals surface area contributed by atoms with Crippen LogP contribution in [0.25, 0.3) is 0 Å². The molecule has 3 atom stereocenters. The van der Waals surface area contributed by atoms with E-state index in [1.54, 1.807) is 0 Å². The highest BCUT2D eigenvalue weighted by Crippen LogP contribution is 2.39. The molecule has 228 valence electrons. The first kappa shape index (κ1) is 30.4. The molecule has 2 aromatic rings. The lowest BCUT2D eigenvalue weighted by molar-refractivity contribution is -0.145. The number of likely N-dealkylation sites (tertiary alicyclic amines) is 2. The fourth-order valence-corrected chi connectivity index (χ4v) is 7.57. The van der Waals surface area contributed by atoms with Gasteiger partial charge in [-0.2, -0.15) is 0 Å². The number of hydrogen-bond acceptors (Lipinski definition) is 4. The van der Waals surface area contributed by atoms with Crippen LogP contribution in [0, 0.1) is 23.5 Å². The van der Waals surface area contributed by atoms with E-state index < -0.39 is 23.6 Å². The molecule has 9 heteroatoms. The Kier molecular flexibility index (Phi) is 10.1. The molecule has 7 nitrogen and oxygen atoms in total. The molecular weight excluding hydrogens is 538 g/mol. The number of nitrogens with one attached hydrogen (secondary N) is 1. The summed E-state index contributed by atoms with van der Waals surface area (Å²) in [6.45, 7) is 6.91. The van der Waals surface area contributed by atoms with Crippen LogP contribution in [0.1, 0.15) is 62.5 Å². The Labute approximate surface area is 247 Å². The molecule has 1 aliphatic carbocycles. The quantitative estimate of drug-likeness (QED) is 0.397. The Morgan fingerprint density at radius 1 is 1.00 bits per heavy atom. The number of halogens is 2. The highest BCUT2D eigenvalue weighted by Gasteiger charge is 2.43. The smallest absolute Gasteiger partial charge is 0.321 e. The number of hydrogen-bond donors (Lipinski definition) is 2. The van der Waals surface area contributed by atoms with Gasteiger partial charge in [0.25, 0.3) is 0 Å². The van der Waals surface area contributed by atoms with Crippen LogP contribution >= 0.6 is 0 Å². The van der Waals surface area contributed by atoms with E-state index in [1.165, 1.54) is 11.6 Å². The molecule has 0 spiro atoms. The van der Waals surface area contributed by atoms with Crippen LogP contribution in [0.4, 0.5) is 13.6 Å². The van der Waals surface area contributed by atoms with Crippen LogP contribution in [0.5, 0.6) is 0 Å². The highest BCUT2D eigenvalue weighted by molar-refractivity contribution is 5.74. The fourth-order valence-electron chi connectivity index (χ4n) is 7.57. The maximum atomic E-state index is 13.6. The number of amides is 2. The van der Waals surface area contributed by atoms with Crippen LogP contribution in [0.3, 0.4) is 0 Å². The summed E-state index contributed by atoms with van der Waals surface area (Å²) < 4.78 is 26.8. The number of nitrogens with zero attached hydrogens (tertiary/aromatic N) is 3. The van der Waals surface area contributed by atoms with Crippen LogP contribution in [0.2, 0.25) is 0 Å². The summed E-state index contributed by atoms with van der Waals surface area (Å²) in [6.07, 6.45) is 5.98. The number of urea groups is 1. The summed E-state index contributed by atoms with van der Waals surface area (Å²) in [5, 5.41) is 13.1. The Bertz CT molecular complexity index is 1200. The number of piperidine rings is 1. The van der Waals surface area contributed by atoms with Gasteiger partial charge in [0.15, 0.2) is 11.6 Å². The number of rotatable bonds is 10. The molecule has 2 amide bonds. The molecule has 2 heterocycles. The Morgan fingerprint density at radius 2 is 1.71 bits per heavy atom. The lowest BCUT2D eigenvalue weighted by Gasteiger charge is -2.39. The standard InChI is InChI=1S/C33H44F2N4O3/c1-2-39(33(42)36-19-23-12-13-29(34)30(35)18-23)27-14-16-37(17-15-27)20-26-21-38(22-28(26)24-8-4-3-5-9-24)31(32(40)41)25-10-6-7-11-25/h3-5,8-9,12-13,18,25-28,31H,2,6-7,10-11,14-17,19-22H2,1H3,(H,36,42)(H,40,41)/t26-,28+,31+/m0/s1. The van der Waals surface area contributed by atoms with Crippen LogP contribution in [0.15, 0.2) is 48.5 Å². The maximum Gasteiger partial charge on any atom is 0.321 e. The number of benzene rings is 2. The van der Waals surface area contributed by atoms with Crippen molar-refractivity contribution in [2.75, 3.05) is 39.3 Å². The fraction of sp³-hybridized carbons (Fsp3) is 0.576. The number of carbonyl (C=O) groups excluding carboxylic acids is 1. The molecule has 5 rings (SSSR count). The lowest BCUT2D eigenvalue weighted by atomic mass is 9.88. The van der Waals surface area contributed by atoms with Gasteiger partial charge in [0, 0.05) is 57.8 Å². The molecule has 2 N–H and O–H groups in total. The number of carboxylic acids is 1. The van der Waals surface area contributed by atoms with E-state index in [4.69, 9.17) is 0 Å². The van der Waals surface area contributed by atoms with E-state index in [1.807, 2.05) is 17.9 Å². The molecule has 0 aromatic heterocycles. The Hall–Kier alpha value is -3.04. The van der Waals surface area contributed by atoms with Crippen molar-refractivity contribution in [3.05, 3.63) is 71.3 Å². The van der Waals surface area contributed by atoms with Gasteiger partial charge in [0.2, 0.25) is 0 Å². The molecule has 1 saturated carbocycles. The molecular formula is C33H44F2N4O3. The first-order valence-corrected chi connectivity index (χ1v) is 15.6. The molecule has 2 saturated heterocycles. The lowest BCUT2D eigenvalue weighted by Crippen LogP contribution is -2.51. The van der Waals surface area contributed by atoms with Gasteiger partial charge in [0.1, 0.15) is 6.04 Å². The third-order valence-electron chi connectivity index (χ3n) is 9.71. The molecule has 2 aromatic carbocycles. The predicted molar refractivity (Wildman–Crippen MR) is 158 cm³/mol. The van der Waals surface area contributed by atoms with Crippen molar-refractivity contribution < 1.29 is 23.5 Å². The van der Waals surface area contributed by atoms with Crippen LogP contribution < -0.4 is 5.32 Å². The van der Waals surface area contributed by atoms with Gasteiger partial charge in [0.05, 0.1) is 0 Å². The van der Waals surface area contributed by atoms with Crippen LogP contribution in [-0.4, -0.2) is 83.2 Å². The molecule has 2 aliphatic heterocycles. The van der Waals surface area contributed by atoms with E-state index >= 15 is 0 Å². The number of carbonyl (C=O) groups is 2. The van der Waals surface area contributed by atoms with Crippen molar-refractivity contribution in [1.82, 2.24) is 20.0 Å². The SMILES string of the molecule is CCN(C(=O)NCc1ccc(F)c(F)c1)C1CCN(C[C@H]2CN([C@@H](C(=O)O)C3CCCC3)C[C@@H]2c2ccccc2)CC1. The van der Waals surface area contributed by atoms with E-state index in [0.29, 0.717) is 23.9 Å². The van der Waals surface area contributed by atoms with E-state index in [0.717, 1.165) is 83.4 Å². The third kappa shape index (κ3) is 7.11. The van der Waals surface area contributed by atoms with Gasteiger partial charge in [-0.05, 0) is 67.7 Å². The topological polar surface area (TPSA) is 76.1 Å². The molecule has 0 unspecified atom stereocenters. The monoisotopic (exact) mass is 582 g/mol. The zero-order valence-electron chi connectivity index (χ0n) is 24.6. The van der Waals surface area contributed by atoms with Crippen molar-refractivity contribution in [2.24, 2.45) is 11.8 Å². The molecule has 0 bridgehead atoms. The van der Waals surface area contributed by atoms with Gasteiger partial charge >= 0.3 is 12.0 Å². The van der Waals surface area contributed by atoms with Gasteiger partial charge in [-0.3, -0.25) is 9.69 Å². The molecule has 3 fully saturated rings.